The summed E-state index contributed by atoms with van der Waals surface area (Å²) in [5.41, 5.74) is 1.96. The van der Waals surface area contributed by atoms with Crippen LogP contribution >= 0.6 is 15.9 Å². The Morgan fingerprint density at radius 3 is 2.36 bits per heavy atom. The molecule has 128 valence electrons. The maximum absolute atomic E-state index is 12.8. The lowest BCUT2D eigenvalue weighted by molar-refractivity contribution is -0.118. The predicted octanol–water partition coefficient (Wildman–Crippen LogP) is 4.01. The number of hydrogen-bond acceptors (Lipinski definition) is 2. The molecular formula is C20H19BrN2O2. The largest absolute Gasteiger partial charge is 0.349 e. The molecule has 0 heterocycles. The summed E-state index contributed by atoms with van der Waals surface area (Å²) in [6.45, 7) is 0. The van der Waals surface area contributed by atoms with Crippen molar-refractivity contribution in [3.8, 4) is 0 Å². The Balaban J connectivity index is 1.44. The minimum absolute atomic E-state index is 0.0146. The number of carbonyl (C=O) groups is 2. The zero-order chi connectivity index (χ0) is 17.4. The van der Waals surface area contributed by atoms with Gasteiger partial charge < -0.3 is 10.6 Å². The zero-order valence-corrected chi connectivity index (χ0v) is 15.3. The van der Waals surface area contributed by atoms with Crippen LogP contribution in [0, 0.1) is 0 Å². The summed E-state index contributed by atoms with van der Waals surface area (Å²) in [5, 5.41) is 5.96. The van der Waals surface area contributed by atoms with E-state index in [1.807, 2.05) is 24.3 Å². The molecule has 25 heavy (non-hydrogen) atoms. The number of nitrogens with one attached hydrogen (secondary N) is 2. The molecule has 2 aliphatic rings. The molecule has 0 spiro atoms. The molecule has 0 aliphatic heterocycles. The van der Waals surface area contributed by atoms with E-state index < -0.39 is 5.41 Å². The first-order valence-electron chi connectivity index (χ1n) is 8.55. The van der Waals surface area contributed by atoms with Gasteiger partial charge in [0.25, 0.3) is 5.91 Å². The molecule has 2 fully saturated rings. The quantitative estimate of drug-likeness (QED) is 0.798. The Kier molecular flexibility index (Phi) is 4.12. The van der Waals surface area contributed by atoms with Crippen molar-refractivity contribution < 1.29 is 9.59 Å². The lowest BCUT2D eigenvalue weighted by Crippen LogP contribution is -2.28. The van der Waals surface area contributed by atoms with Crippen LogP contribution in [0.5, 0.6) is 0 Å². The summed E-state index contributed by atoms with van der Waals surface area (Å²) in [5.74, 6) is -0.0334. The van der Waals surface area contributed by atoms with E-state index in [2.05, 4.69) is 26.6 Å². The summed E-state index contributed by atoms with van der Waals surface area (Å²) in [6, 6.07) is 15.4. The molecule has 0 bridgehead atoms. The summed E-state index contributed by atoms with van der Waals surface area (Å²) >= 11 is 3.47. The summed E-state index contributed by atoms with van der Waals surface area (Å²) in [6.07, 6.45) is 3.85. The van der Waals surface area contributed by atoms with Crippen LogP contribution in [0.15, 0.2) is 53.0 Å². The third kappa shape index (κ3) is 3.47. The molecule has 2 aliphatic carbocycles. The molecule has 2 saturated carbocycles. The van der Waals surface area contributed by atoms with E-state index in [4.69, 9.17) is 0 Å². The minimum atomic E-state index is -0.425. The highest BCUT2D eigenvalue weighted by Gasteiger charge is 2.51. The minimum Gasteiger partial charge on any atom is -0.349 e. The van der Waals surface area contributed by atoms with Crippen molar-refractivity contribution in [3.63, 3.8) is 0 Å². The van der Waals surface area contributed by atoms with Gasteiger partial charge in [0, 0.05) is 21.8 Å². The molecule has 0 saturated heterocycles. The maximum Gasteiger partial charge on any atom is 0.251 e. The predicted molar refractivity (Wildman–Crippen MR) is 101 cm³/mol. The highest BCUT2D eigenvalue weighted by atomic mass is 79.9. The zero-order valence-electron chi connectivity index (χ0n) is 13.7. The lowest BCUT2D eigenvalue weighted by Gasteiger charge is -2.16. The molecule has 0 atom stereocenters. The Bertz CT molecular complexity index is 824. The van der Waals surface area contributed by atoms with E-state index in [-0.39, 0.29) is 11.8 Å². The topological polar surface area (TPSA) is 58.2 Å². The second-order valence-corrected chi connectivity index (χ2v) is 7.79. The van der Waals surface area contributed by atoms with Gasteiger partial charge in [-0.2, -0.15) is 0 Å². The number of rotatable bonds is 5. The number of amides is 2. The molecule has 0 aromatic heterocycles. The van der Waals surface area contributed by atoms with Crippen molar-refractivity contribution in [2.24, 2.45) is 0 Å². The smallest absolute Gasteiger partial charge is 0.251 e. The molecule has 2 aromatic rings. The maximum atomic E-state index is 12.8. The van der Waals surface area contributed by atoms with E-state index in [9.17, 15) is 9.59 Å². The fourth-order valence-electron chi connectivity index (χ4n) is 3.01. The number of anilines is 1. The van der Waals surface area contributed by atoms with Crippen LogP contribution in [0.2, 0.25) is 0 Å². The van der Waals surface area contributed by atoms with Gasteiger partial charge in [0.15, 0.2) is 0 Å². The van der Waals surface area contributed by atoms with E-state index in [1.165, 1.54) is 0 Å². The Morgan fingerprint density at radius 1 is 1.04 bits per heavy atom. The highest BCUT2D eigenvalue weighted by molar-refractivity contribution is 9.10. The van der Waals surface area contributed by atoms with Crippen molar-refractivity contribution >= 4 is 33.4 Å². The molecule has 0 unspecified atom stereocenters. The van der Waals surface area contributed by atoms with Crippen molar-refractivity contribution in [1.82, 2.24) is 5.32 Å². The number of carbonyl (C=O) groups excluding carboxylic acids is 2. The van der Waals surface area contributed by atoms with E-state index in [1.54, 1.807) is 24.3 Å². The third-order valence-electron chi connectivity index (χ3n) is 4.88. The summed E-state index contributed by atoms with van der Waals surface area (Å²) < 4.78 is 0.982. The van der Waals surface area contributed by atoms with Crippen LogP contribution in [-0.2, 0) is 10.2 Å². The Labute approximate surface area is 155 Å². The first-order chi connectivity index (χ1) is 12.1. The van der Waals surface area contributed by atoms with Crippen molar-refractivity contribution in [1.29, 1.82) is 0 Å². The molecule has 2 amide bonds. The second kappa shape index (κ2) is 6.30. The van der Waals surface area contributed by atoms with E-state index in [0.717, 1.165) is 35.7 Å². The van der Waals surface area contributed by atoms with Crippen LogP contribution in [0.1, 0.15) is 41.6 Å². The molecule has 0 radical (unpaired) electrons. The summed E-state index contributed by atoms with van der Waals surface area (Å²) in [7, 11) is 0. The van der Waals surface area contributed by atoms with Gasteiger partial charge in [-0.25, -0.2) is 0 Å². The fraction of sp³-hybridized carbons (Fsp3) is 0.300. The number of hydrogen-bond donors (Lipinski definition) is 2. The molecule has 4 nitrogen and oxygen atoms in total. The molecule has 5 heteroatoms. The standard InChI is InChI=1S/C20H19BrN2O2/c21-15-3-1-2-14(12-15)20(10-11-20)19(25)23-17-6-4-13(5-7-17)18(24)22-16-8-9-16/h1-7,12,16H,8-11H2,(H,22,24)(H,23,25). The van der Waals surface area contributed by atoms with Gasteiger partial charge in [-0.05, 0) is 67.6 Å². The molecule has 2 N–H and O–H groups in total. The Hall–Kier alpha value is -2.14. The van der Waals surface area contributed by atoms with Gasteiger partial charge >= 0.3 is 0 Å². The first-order valence-corrected chi connectivity index (χ1v) is 9.35. The Morgan fingerprint density at radius 2 is 1.76 bits per heavy atom. The molecular weight excluding hydrogens is 380 g/mol. The van der Waals surface area contributed by atoms with Crippen LogP contribution in [0.4, 0.5) is 5.69 Å². The number of benzene rings is 2. The van der Waals surface area contributed by atoms with E-state index in [0.29, 0.717) is 17.3 Å². The average molecular weight is 399 g/mol. The SMILES string of the molecule is O=C(NC1CC1)c1ccc(NC(=O)C2(c3cccc(Br)c3)CC2)cc1. The van der Waals surface area contributed by atoms with Crippen LogP contribution < -0.4 is 10.6 Å². The average Bonchev–Trinajstić information content (AvgIpc) is 3.50. The van der Waals surface area contributed by atoms with E-state index >= 15 is 0 Å². The van der Waals surface area contributed by atoms with Gasteiger partial charge in [0.05, 0.1) is 5.41 Å². The normalized spacial score (nSPS) is 17.6. The van der Waals surface area contributed by atoms with Gasteiger partial charge in [-0.15, -0.1) is 0 Å². The third-order valence-corrected chi connectivity index (χ3v) is 5.37. The van der Waals surface area contributed by atoms with Gasteiger partial charge in [0.1, 0.15) is 0 Å². The van der Waals surface area contributed by atoms with Crippen molar-refractivity contribution in [2.75, 3.05) is 5.32 Å². The lowest BCUT2D eigenvalue weighted by atomic mass is 9.95. The second-order valence-electron chi connectivity index (χ2n) is 6.87. The van der Waals surface area contributed by atoms with Crippen LogP contribution in [-0.4, -0.2) is 17.9 Å². The number of halogens is 1. The first kappa shape index (κ1) is 16.3. The van der Waals surface area contributed by atoms with Gasteiger partial charge in [-0.3, -0.25) is 9.59 Å². The van der Waals surface area contributed by atoms with Crippen LogP contribution in [0.25, 0.3) is 0 Å². The van der Waals surface area contributed by atoms with Crippen molar-refractivity contribution in [3.05, 3.63) is 64.1 Å². The summed E-state index contributed by atoms with van der Waals surface area (Å²) in [4.78, 5) is 24.8. The monoisotopic (exact) mass is 398 g/mol. The van der Waals surface area contributed by atoms with Crippen LogP contribution in [0.3, 0.4) is 0 Å². The molecule has 2 aromatic carbocycles. The fourth-order valence-corrected chi connectivity index (χ4v) is 3.41. The highest BCUT2D eigenvalue weighted by Crippen LogP contribution is 2.49. The van der Waals surface area contributed by atoms with Gasteiger partial charge in [0.2, 0.25) is 5.91 Å². The van der Waals surface area contributed by atoms with Gasteiger partial charge in [-0.1, -0.05) is 28.1 Å². The molecule has 4 rings (SSSR count). The van der Waals surface area contributed by atoms with Crippen molar-refractivity contribution in [2.45, 2.75) is 37.1 Å².